The molecule has 3 aromatic heterocycles. The molecule has 0 unspecified atom stereocenters. The molecule has 0 atom stereocenters. The topological polar surface area (TPSA) is 137 Å². The molecule has 4 aromatic rings. The summed E-state index contributed by atoms with van der Waals surface area (Å²) in [6, 6.07) is 13.0. The first-order chi connectivity index (χ1) is 13.2. The molecule has 0 spiro atoms. The van der Waals surface area contributed by atoms with E-state index >= 15 is 0 Å². The van der Waals surface area contributed by atoms with Gasteiger partial charge in [-0.1, -0.05) is 41.6 Å². The van der Waals surface area contributed by atoms with Gasteiger partial charge in [0.15, 0.2) is 5.69 Å². The van der Waals surface area contributed by atoms with E-state index in [2.05, 4.69) is 35.8 Å². The van der Waals surface area contributed by atoms with Crippen LogP contribution in [0.15, 0.2) is 57.6 Å². The van der Waals surface area contributed by atoms with E-state index in [1.54, 1.807) is 0 Å². The van der Waals surface area contributed by atoms with Crippen LogP contribution in [0, 0.1) is 0 Å². The van der Waals surface area contributed by atoms with Crippen LogP contribution in [0.1, 0.15) is 16.1 Å². The van der Waals surface area contributed by atoms with Gasteiger partial charge in [0, 0.05) is 0 Å². The van der Waals surface area contributed by atoms with E-state index in [4.69, 9.17) is 5.73 Å². The van der Waals surface area contributed by atoms with Gasteiger partial charge < -0.3 is 5.73 Å². The number of nitrogens with one attached hydrogen (secondary N) is 1. The Morgan fingerprint density at radius 1 is 1.22 bits per heavy atom. The number of hydrogen-bond acceptors (Lipinski definition) is 9. The van der Waals surface area contributed by atoms with Crippen LogP contribution in [0.3, 0.4) is 0 Å². The van der Waals surface area contributed by atoms with Crippen molar-refractivity contribution in [2.75, 3.05) is 5.73 Å². The highest BCUT2D eigenvalue weighted by atomic mass is 32.1. The molecule has 11 heteroatoms. The minimum Gasteiger partial charge on any atom is -0.378 e. The van der Waals surface area contributed by atoms with Crippen LogP contribution in [-0.4, -0.2) is 37.4 Å². The fourth-order valence-electron chi connectivity index (χ4n) is 2.31. The second kappa shape index (κ2) is 7.17. The van der Waals surface area contributed by atoms with Crippen LogP contribution in [0.5, 0.6) is 0 Å². The Hall–Kier alpha value is -3.86. The van der Waals surface area contributed by atoms with Gasteiger partial charge in [-0.2, -0.15) is 9.78 Å². The maximum atomic E-state index is 12.6. The van der Waals surface area contributed by atoms with Crippen molar-refractivity contribution in [3.8, 4) is 16.4 Å². The minimum atomic E-state index is -0.521. The standard InChI is InChI=1S/C16H12N8O2S/c17-14-15(22-26-21-14)24-13(11-7-4-8-27-11)12(19-23-24)16(25)20-18-9-10-5-2-1-3-6-10/h1-9H,(H2,17,21)(H,20,25). The fourth-order valence-corrected chi connectivity index (χ4v) is 3.07. The van der Waals surface area contributed by atoms with Gasteiger partial charge >= 0.3 is 0 Å². The predicted molar refractivity (Wildman–Crippen MR) is 98.4 cm³/mol. The summed E-state index contributed by atoms with van der Waals surface area (Å²) in [4.78, 5) is 13.3. The van der Waals surface area contributed by atoms with E-state index in [-0.39, 0.29) is 17.3 Å². The van der Waals surface area contributed by atoms with Crippen molar-refractivity contribution in [2.45, 2.75) is 0 Å². The van der Waals surface area contributed by atoms with Crippen molar-refractivity contribution in [1.82, 2.24) is 30.7 Å². The first-order valence-electron chi connectivity index (χ1n) is 7.70. The molecule has 0 saturated carbocycles. The highest BCUT2D eigenvalue weighted by Gasteiger charge is 2.25. The third-order valence-electron chi connectivity index (χ3n) is 3.52. The van der Waals surface area contributed by atoms with Crippen molar-refractivity contribution >= 4 is 29.3 Å². The summed E-state index contributed by atoms with van der Waals surface area (Å²) >= 11 is 1.41. The summed E-state index contributed by atoms with van der Waals surface area (Å²) in [7, 11) is 0. The minimum absolute atomic E-state index is 0.0340. The number of benzene rings is 1. The van der Waals surface area contributed by atoms with Gasteiger partial charge in [-0.05, 0) is 27.3 Å². The van der Waals surface area contributed by atoms with E-state index < -0.39 is 5.91 Å². The Bertz CT molecular complexity index is 1090. The third-order valence-corrected chi connectivity index (χ3v) is 4.39. The predicted octanol–water partition coefficient (Wildman–Crippen LogP) is 1.72. The molecular weight excluding hydrogens is 368 g/mol. The molecule has 1 amide bonds. The van der Waals surface area contributed by atoms with Crippen molar-refractivity contribution in [2.24, 2.45) is 5.10 Å². The van der Waals surface area contributed by atoms with Crippen LogP contribution in [0.25, 0.3) is 16.4 Å². The molecule has 27 heavy (non-hydrogen) atoms. The molecular formula is C16H12N8O2S. The average Bonchev–Trinajstić information content (AvgIpc) is 3.42. The molecule has 0 saturated heterocycles. The van der Waals surface area contributed by atoms with Gasteiger partial charge in [0.25, 0.3) is 5.91 Å². The van der Waals surface area contributed by atoms with Crippen molar-refractivity contribution in [3.05, 3.63) is 59.1 Å². The molecule has 134 valence electrons. The van der Waals surface area contributed by atoms with Crippen LogP contribution in [0.4, 0.5) is 5.82 Å². The Balaban J connectivity index is 1.66. The van der Waals surface area contributed by atoms with Gasteiger partial charge in [-0.25, -0.2) is 10.1 Å². The highest BCUT2D eigenvalue weighted by molar-refractivity contribution is 7.13. The van der Waals surface area contributed by atoms with Crippen molar-refractivity contribution in [1.29, 1.82) is 0 Å². The molecule has 1 aromatic carbocycles. The summed E-state index contributed by atoms with van der Waals surface area (Å²) in [6.45, 7) is 0. The first kappa shape index (κ1) is 16.6. The molecule has 0 bridgehead atoms. The Kier molecular flexibility index (Phi) is 4.41. The molecule has 0 radical (unpaired) electrons. The number of nitrogens with two attached hydrogens (primary N) is 1. The maximum Gasteiger partial charge on any atom is 0.294 e. The van der Waals surface area contributed by atoms with Gasteiger partial charge in [0.2, 0.25) is 11.6 Å². The lowest BCUT2D eigenvalue weighted by molar-refractivity contribution is 0.0951. The number of nitrogen functional groups attached to an aromatic ring is 1. The highest BCUT2D eigenvalue weighted by Crippen LogP contribution is 2.29. The normalized spacial score (nSPS) is 11.1. The summed E-state index contributed by atoms with van der Waals surface area (Å²) < 4.78 is 5.93. The first-order valence-corrected chi connectivity index (χ1v) is 8.58. The number of rotatable bonds is 5. The largest absolute Gasteiger partial charge is 0.378 e. The molecule has 3 N–H and O–H groups in total. The van der Waals surface area contributed by atoms with Crippen molar-refractivity contribution in [3.63, 3.8) is 0 Å². The lowest BCUT2D eigenvalue weighted by Crippen LogP contribution is -2.19. The number of nitrogens with zero attached hydrogens (tertiary/aromatic N) is 6. The van der Waals surface area contributed by atoms with Crippen LogP contribution >= 0.6 is 11.3 Å². The Labute approximate surface area is 156 Å². The summed E-state index contributed by atoms with van der Waals surface area (Å²) in [5.74, 6) is -0.337. The lowest BCUT2D eigenvalue weighted by atomic mass is 10.2. The molecule has 4 rings (SSSR count). The number of hydrogen-bond donors (Lipinski definition) is 2. The number of carbonyl (C=O) groups is 1. The number of carbonyl (C=O) groups excluding carboxylic acids is 1. The summed E-state index contributed by atoms with van der Waals surface area (Å²) in [6.07, 6.45) is 1.53. The molecule has 0 aliphatic carbocycles. The van der Waals surface area contributed by atoms with E-state index in [0.29, 0.717) is 5.69 Å². The number of hydrazone groups is 1. The number of aromatic nitrogens is 5. The number of thiophene rings is 1. The van der Waals surface area contributed by atoms with Crippen LogP contribution in [-0.2, 0) is 0 Å². The lowest BCUT2D eigenvalue weighted by Gasteiger charge is -2.03. The fraction of sp³-hybridized carbons (Fsp3) is 0. The molecule has 0 aliphatic rings. The summed E-state index contributed by atoms with van der Waals surface area (Å²) in [5.41, 5.74) is 9.54. The van der Waals surface area contributed by atoms with E-state index in [0.717, 1.165) is 10.4 Å². The van der Waals surface area contributed by atoms with Gasteiger partial charge in [-0.15, -0.1) is 16.4 Å². The monoisotopic (exact) mass is 380 g/mol. The smallest absolute Gasteiger partial charge is 0.294 e. The van der Waals surface area contributed by atoms with Gasteiger partial charge in [0.1, 0.15) is 5.69 Å². The van der Waals surface area contributed by atoms with Gasteiger partial charge in [-0.3, -0.25) is 4.79 Å². The maximum absolute atomic E-state index is 12.6. The zero-order valence-electron chi connectivity index (χ0n) is 13.7. The Morgan fingerprint density at radius 3 is 2.78 bits per heavy atom. The second-order valence-corrected chi connectivity index (χ2v) is 6.21. The molecule has 0 fully saturated rings. The van der Waals surface area contributed by atoms with E-state index in [9.17, 15) is 4.79 Å². The van der Waals surface area contributed by atoms with E-state index in [1.807, 2.05) is 47.8 Å². The Morgan fingerprint density at radius 2 is 2.07 bits per heavy atom. The van der Waals surface area contributed by atoms with Crippen LogP contribution < -0.4 is 11.2 Å². The zero-order valence-corrected chi connectivity index (χ0v) is 14.5. The zero-order chi connectivity index (χ0) is 18.6. The second-order valence-electron chi connectivity index (χ2n) is 5.26. The molecule has 3 heterocycles. The molecule has 10 nitrogen and oxygen atoms in total. The molecule has 0 aliphatic heterocycles. The average molecular weight is 380 g/mol. The van der Waals surface area contributed by atoms with Crippen LogP contribution in [0.2, 0.25) is 0 Å². The number of amides is 1. The van der Waals surface area contributed by atoms with Crippen molar-refractivity contribution < 1.29 is 9.42 Å². The SMILES string of the molecule is Nc1nonc1-n1nnc(C(=O)NN=Cc2ccccc2)c1-c1cccs1. The number of anilines is 1. The summed E-state index contributed by atoms with van der Waals surface area (Å²) in [5, 5.41) is 21.0. The third kappa shape index (κ3) is 3.30. The van der Waals surface area contributed by atoms with Gasteiger partial charge in [0.05, 0.1) is 11.1 Å². The quantitative estimate of drug-likeness (QED) is 0.397. The van der Waals surface area contributed by atoms with E-state index in [1.165, 1.54) is 22.2 Å².